The Morgan fingerprint density at radius 3 is 2.31 bits per heavy atom. The average Bonchev–Trinajstić information content (AvgIpc) is 2.66. The van der Waals surface area contributed by atoms with Gasteiger partial charge in [-0.2, -0.15) is 0 Å². The number of hydrogen-bond donors (Lipinski definition) is 0. The molecule has 1 aliphatic rings. The molecule has 144 valence electrons. The first-order valence-corrected chi connectivity index (χ1v) is 9.55. The van der Waals surface area contributed by atoms with Crippen molar-refractivity contribution in [1.29, 1.82) is 0 Å². The molecule has 2 atom stereocenters. The molecule has 0 saturated carbocycles. The van der Waals surface area contributed by atoms with Gasteiger partial charge in [-0.15, -0.1) is 0 Å². The van der Waals surface area contributed by atoms with Crippen molar-refractivity contribution in [3.05, 3.63) is 34.9 Å². The van der Waals surface area contributed by atoms with Gasteiger partial charge in [-0.05, 0) is 50.3 Å². The molecule has 4 heteroatoms. The van der Waals surface area contributed by atoms with Gasteiger partial charge in [-0.1, -0.05) is 31.4 Å². The van der Waals surface area contributed by atoms with E-state index in [0.29, 0.717) is 0 Å². The number of carbonyl (C=O) groups excluding carboxylic acids is 1. The minimum Gasteiger partial charge on any atom is -0.496 e. The van der Waals surface area contributed by atoms with Gasteiger partial charge < -0.3 is 14.2 Å². The fourth-order valence-corrected chi connectivity index (χ4v) is 3.81. The zero-order chi connectivity index (χ0) is 19.1. The van der Waals surface area contributed by atoms with E-state index in [-0.39, 0.29) is 17.8 Å². The lowest BCUT2D eigenvalue weighted by molar-refractivity contribution is -0.146. The van der Waals surface area contributed by atoms with E-state index in [1.54, 1.807) is 14.2 Å². The summed E-state index contributed by atoms with van der Waals surface area (Å²) in [6.07, 6.45) is 8.42. The molecule has 0 heterocycles. The Morgan fingerprint density at radius 1 is 1.12 bits per heavy atom. The van der Waals surface area contributed by atoms with E-state index in [2.05, 4.69) is 32.1 Å². The second kappa shape index (κ2) is 9.65. The summed E-state index contributed by atoms with van der Waals surface area (Å²) in [6.45, 7) is 4.31. The van der Waals surface area contributed by atoms with E-state index in [1.807, 2.05) is 0 Å². The first-order chi connectivity index (χ1) is 12.5. The minimum absolute atomic E-state index is 0.0919. The first-order valence-electron chi connectivity index (χ1n) is 9.55. The number of carbonyl (C=O) groups is 1. The van der Waals surface area contributed by atoms with Gasteiger partial charge in [0.05, 0.1) is 27.2 Å². The molecule has 2 rings (SSSR count). The summed E-state index contributed by atoms with van der Waals surface area (Å²) in [7, 11) is 4.82. The highest BCUT2D eigenvalue weighted by Gasteiger charge is 2.35. The maximum Gasteiger partial charge on any atom is 0.309 e. The Balaban J connectivity index is 2.47. The number of aryl methyl sites for hydroxylation is 1. The highest BCUT2D eigenvalue weighted by Crippen LogP contribution is 2.45. The van der Waals surface area contributed by atoms with Gasteiger partial charge in [0.1, 0.15) is 11.5 Å². The molecule has 4 nitrogen and oxygen atoms in total. The number of rotatable bonds is 8. The number of esters is 1. The highest BCUT2D eigenvalue weighted by atomic mass is 16.5. The van der Waals surface area contributed by atoms with Crippen molar-refractivity contribution < 1.29 is 19.0 Å². The second-order valence-electron chi connectivity index (χ2n) is 7.08. The summed E-state index contributed by atoms with van der Waals surface area (Å²) in [5.41, 5.74) is 3.44. The minimum atomic E-state index is -0.211. The summed E-state index contributed by atoms with van der Waals surface area (Å²) in [4.78, 5) is 12.4. The number of benzene rings is 1. The van der Waals surface area contributed by atoms with E-state index >= 15 is 0 Å². The van der Waals surface area contributed by atoms with Crippen molar-refractivity contribution in [1.82, 2.24) is 0 Å². The lowest BCUT2D eigenvalue weighted by atomic mass is 9.76. The zero-order valence-electron chi connectivity index (χ0n) is 16.8. The maximum atomic E-state index is 12.4. The van der Waals surface area contributed by atoms with Crippen molar-refractivity contribution >= 4 is 5.97 Å². The maximum absolute atomic E-state index is 12.4. The van der Waals surface area contributed by atoms with Gasteiger partial charge in [0.2, 0.25) is 0 Å². The van der Waals surface area contributed by atoms with Crippen LogP contribution in [-0.4, -0.2) is 27.3 Å². The van der Waals surface area contributed by atoms with E-state index in [1.165, 1.54) is 31.1 Å². The van der Waals surface area contributed by atoms with Gasteiger partial charge in [-0.25, -0.2) is 0 Å². The summed E-state index contributed by atoms with van der Waals surface area (Å²) in [5, 5.41) is 0. The summed E-state index contributed by atoms with van der Waals surface area (Å²) >= 11 is 0. The smallest absolute Gasteiger partial charge is 0.309 e. The summed E-state index contributed by atoms with van der Waals surface area (Å²) < 4.78 is 16.5. The largest absolute Gasteiger partial charge is 0.496 e. The SMILES string of the molecule is CCCCCc1cc(OC)c([C@@H]2C=C(C)CC[C@@H]2C(=O)OC)c(OC)c1. The molecule has 0 aromatic heterocycles. The zero-order valence-corrected chi connectivity index (χ0v) is 16.8. The Morgan fingerprint density at radius 2 is 1.77 bits per heavy atom. The number of hydrogen-bond acceptors (Lipinski definition) is 4. The number of methoxy groups -OCH3 is 3. The third kappa shape index (κ3) is 4.60. The van der Waals surface area contributed by atoms with Crippen molar-refractivity contribution in [3.8, 4) is 11.5 Å². The van der Waals surface area contributed by atoms with Crippen LogP contribution in [0, 0.1) is 5.92 Å². The number of unbranched alkanes of at least 4 members (excludes halogenated alkanes) is 2. The molecule has 0 saturated heterocycles. The quantitative estimate of drug-likeness (QED) is 0.370. The van der Waals surface area contributed by atoms with Crippen LogP contribution in [0.2, 0.25) is 0 Å². The van der Waals surface area contributed by atoms with Gasteiger partial charge in [0.15, 0.2) is 0 Å². The van der Waals surface area contributed by atoms with Crippen LogP contribution in [0.15, 0.2) is 23.8 Å². The fraction of sp³-hybridized carbons (Fsp3) is 0.591. The van der Waals surface area contributed by atoms with E-state index in [4.69, 9.17) is 14.2 Å². The third-order valence-electron chi connectivity index (χ3n) is 5.26. The van der Waals surface area contributed by atoms with E-state index in [9.17, 15) is 4.79 Å². The lowest BCUT2D eigenvalue weighted by Crippen LogP contribution is -2.26. The first kappa shape index (κ1) is 20.3. The van der Waals surface area contributed by atoms with Crippen LogP contribution < -0.4 is 9.47 Å². The molecule has 0 unspecified atom stereocenters. The van der Waals surface area contributed by atoms with Crippen molar-refractivity contribution in [2.24, 2.45) is 5.92 Å². The molecule has 1 aromatic rings. The Kier molecular flexibility index (Phi) is 7.55. The lowest BCUT2D eigenvalue weighted by Gasteiger charge is -2.30. The average molecular weight is 360 g/mol. The van der Waals surface area contributed by atoms with E-state index in [0.717, 1.165) is 42.7 Å². The molecule has 1 aliphatic carbocycles. The predicted octanol–water partition coefficient (Wildman–Crippen LogP) is 5.05. The van der Waals surface area contributed by atoms with Gasteiger partial charge >= 0.3 is 5.97 Å². The molecular weight excluding hydrogens is 328 g/mol. The molecule has 0 N–H and O–H groups in total. The Hall–Kier alpha value is -1.97. The standard InChI is InChI=1S/C22H32O4/c1-6-7-8-9-16-13-19(24-3)21(20(14-16)25-4)18-12-15(2)10-11-17(18)22(23)26-5/h12-14,17-18H,6-11H2,1-5H3/t17-,18+/m0/s1. The molecule has 0 bridgehead atoms. The van der Waals surface area contributed by atoms with Crippen LogP contribution in [-0.2, 0) is 16.0 Å². The number of ether oxygens (including phenoxy) is 3. The number of allylic oxidation sites excluding steroid dienone is 2. The fourth-order valence-electron chi connectivity index (χ4n) is 3.81. The second-order valence-corrected chi connectivity index (χ2v) is 7.08. The van der Waals surface area contributed by atoms with Crippen LogP contribution in [0.25, 0.3) is 0 Å². The summed E-state index contributed by atoms with van der Waals surface area (Å²) in [5.74, 6) is 1.11. The summed E-state index contributed by atoms with van der Waals surface area (Å²) in [6, 6.07) is 4.19. The molecule has 0 fully saturated rings. The third-order valence-corrected chi connectivity index (χ3v) is 5.26. The molecule has 0 spiro atoms. The Bertz CT molecular complexity index is 623. The predicted molar refractivity (Wildman–Crippen MR) is 104 cm³/mol. The molecule has 0 radical (unpaired) electrons. The van der Waals surface area contributed by atoms with Gasteiger partial charge in [0.25, 0.3) is 0 Å². The van der Waals surface area contributed by atoms with Crippen LogP contribution >= 0.6 is 0 Å². The van der Waals surface area contributed by atoms with E-state index < -0.39 is 0 Å². The molecule has 1 aromatic carbocycles. The van der Waals surface area contributed by atoms with Crippen LogP contribution in [0.3, 0.4) is 0 Å². The molecular formula is C22H32O4. The van der Waals surface area contributed by atoms with Crippen molar-refractivity contribution in [2.75, 3.05) is 21.3 Å². The monoisotopic (exact) mass is 360 g/mol. The van der Waals surface area contributed by atoms with Crippen molar-refractivity contribution in [3.63, 3.8) is 0 Å². The van der Waals surface area contributed by atoms with Crippen LogP contribution in [0.5, 0.6) is 11.5 Å². The highest BCUT2D eigenvalue weighted by molar-refractivity contribution is 5.75. The topological polar surface area (TPSA) is 44.8 Å². The Labute approximate surface area is 157 Å². The normalized spacial score (nSPS) is 19.7. The van der Waals surface area contributed by atoms with Gasteiger partial charge in [0, 0.05) is 11.5 Å². The van der Waals surface area contributed by atoms with Gasteiger partial charge in [-0.3, -0.25) is 4.79 Å². The molecule has 26 heavy (non-hydrogen) atoms. The molecule has 0 aliphatic heterocycles. The molecule has 0 amide bonds. The van der Waals surface area contributed by atoms with Crippen LogP contribution in [0.4, 0.5) is 0 Å². The van der Waals surface area contributed by atoms with Crippen molar-refractivity contribution in [2.45, 2.75) is 58.3 Å². The van der Waals surface area contributed by atoms with Crippen LogP contribution in [0.1, 0.15) is 63.0 Å².